The number of cyclic esters (lactones) is 1. The Kier molecular flexibility index (Phi) is 0.819. The van der Waals surface area contributed by atoms with Crippen LogP contribution in [0.4, 0.5) is 0 Å². The highest BCUT2D eigenvalue weighted by molar-refractivity contribution is 7.83. The summed E-state index contributed by atoms with van der Waals surface area (Å²) >= 11 is 3.89. The third kappa shape index (κ3) is 0.608. The van der Waals surface area contributed by atoms with Gasteiger partial charge in [-0.15, -0.1) is 12.6 Å². The van der Waals surface area contributed by atoms with Crippen LogP contribution in [0.5, 0.6) is 0 Å². The molecule has 1 fully saturated rings. The van der Waals surface area contributed by atoms with Crippen molar-refractivity contribution < 1.29 is 9.53 Å². The standard InChI is InChI=1S/C4H6O2S/c1-2-4(7)3(5)6-4/h7H,2H2,1H3. The molecule has 1 aliphatic heterocycles. The van der Waals surface area contributed by atoms with E-state index < -0.39 is 4.93 Å². The lowest BCUT2D eigenvalue weighted by atomic mass is 10.4. The van der Waals surface area contributed by atoms with Gasteiger partial charge in [0.15, 0.2) is 0 Å². The lowest BCUT2D eigenvalue weighted by Crippen LogP contribution is -1.97. The molecule has 0 radical (unpaired) electrons. The van der Waals surface area contributed by atoms with Crippen LogP contribution >= 0.6 is 12.6 Å². The monoisotopic (exact) mass is 118 g/mol. The molecule has 1 rings (SSSR count). The van der Waals surface area contributed by atoms with Gasteiger partial charge in [0.2, 0.25) is 0 Å². The minimum atomic E-state index is -0.694. The van der Waals surface area contributed by atoms with E-state index in [1.54, 1.807) is 0 Å². The first-order chi connectivity index (χ1) is 3.19. The van der Waals surface area contributed by atoms with Crippen molar-refractivity contribution in [3.05, 3.63) is 0 Å². The fraction of sp³-hybridized carbons (Fsp3) is 0.750. The Morgan fingerprint density at radius 2 is 2.43 bits per heavy atom. The highest BCUT2D eigenvalue weighted by Crippen LogP contribution is 2.36. The number of thiol groups is 1. The number of ether oxygens (including phenoxy) is 1. The molecule has 2 nitrogen and oxygen atoms in total. The third-order valence-electron chi connectivity index (χ3n) is 1.02. The average Bonchev–Trinajstić information content (AvgIpc) is 2.18. The largest absolute Gasteiger partial charge is 0.433 e. The van der Waals surface area contributed by atoms with Gasteiger partial charge in [-0.3, -0.25) is 0 Å². The summed E-state index contributed by atoms with van der Waals surface area (Å²) in [6, 6.07) is 0. The molecule has 1 unspecified atom stereocenters. The molecule has 1 atom stereocenters. The Balaban J connectivity index is 2.52. The first-order valence-corrected chi connectivity index (χ1v) is 2.59. The minimum Gasteiger partial charge on any atom is -0.433 e. The number of carbonyl (C=O) groups excluding carboxylic acids is 1. The number of rotatable bonds is 1. The summed E-state index contributed by atoms with van der Waals surface area (Å²) in [7, 11) is 0. The van der Waals surface area contributed by atoms with E-state index >= 15 is 0 Å². The average molecular weight is 118 g/mol. The topological polar surface area (TPSA) is 29.6 Å². The van der Waals surface area contributed by atoms with Crippen molar-refractivity contribution in [3.8, 4) is 0 Å². The molecule has 0 aromatic carbocycles. The second kappa shape index (κ2) is 1.15. The predicted molar refractivity (Wildman–Crippen MR) is 28.1 cm³/mol. The van der Waals surface area contributed by atoms with Crippen molar-refractivity contribution in [2.24, 2.45) is 0 Å². The highest BCUT2D eigenvalue weighted by Gasteiger charge is 2.53. The normalized spacial score (nSPS) is 37.7. The lowest BCUT2D eigenvalue weighted by molar-refractivity contribution is -0.117. The van der Waals surface area contributed by atoms with Crippen LogP contribution in [0.25, 0.3) is 0 Å². The summed E-state index contributed by atoms with van der Waals surface area (Å²) in [4.78, 5) is 9.45. The van der Waals surface area contributed by atoms with Gasteiger partial charge in [0.05, 0.1) is 0 Å². The first kappa shape index (κ1) is 4.97. The fourth-order valence-electron chi connectivity index (χ4n) is 0.344. The van der Waals surface area contributed by atoms with Crippen molar-refractivity contribution in [1.29, 1.82) is 0 Å². The summed E-state index contributed by atoms with van der Waals surface area (Å²) < 4.78 is 4.48. The van der Waals surface area contributed by atoms with E-state index in [0.29, 0.717) is 6.42 Å². The van der Waals surface area contributed by atoms with E-state index in [1.165, 1.54) is 0 Å². The smallest absolute Gasteiger partial charge is 0.363 e. The molecule has 40 valence electrons. The van der Waals surface area contributed by atoms with Gasteiger partial charge in [-0.1, -0.05) is 6.92 Å². The van der Waals surface area contributed by atoms with Crippen LogP contribution in [0.15, 0.2) is 0 Å². The molecular formula is C4H6O2S. The quantitative estimate of drug-likeness (QED) is 0.403. The molecule has 0 aromatic rings. The minimum absolute atomic E-state index is 0.196. The van der Waals surface area contributed by atoms with E-state index in [-0.39, 0.29) is 5.97 Å². The van der Waals surface area contributed by atoms with E-state index in [9.17, 15) is 4.79 Å². The van der Waals surface area contributed by atoms with Crippen LogP contribution in [0, 0.1) is 0 Å². The van der Waals surface area contributed by atoms with Gasteiger partial charge in [-0.05, 0) is 0 Å². The molecule has 0 bridgehead atoms. The Bertz CT molecular complexity index is 112. The van der Waals surface area contributed by atoms with Gasteiger partial charge in [0.25, 0.3) is 4.93 Å². The van der Waals surface area contributed by atoms with Gasteiger partial charge < -0.3 is 4.74 Å². The molecule has 0 aromatic heterocycles. The second-order valence-corrected chi connectivity index (χ2v) is 2.25. The highest BCUT2D eigenvalue weighted by atomic mass is 32.1. The fourth-order valence-corrected chi connectivity index (χ4v) is 0.427. The molecule has 7 heavy (non-hydrogen) atoms. The lowest BCUT2D eigenvalue weighted by Gasteiger charge is -1.86. The zero-order chi connectivity index (χ0) is 5.49. The number of hydrogen-bond donors (Lipinski definition) is 1. The molecule has 0 amide bonds. The Morgan fingerprint density at radius 3 is 2.43 bits per heavy atom. The molecule has 1 aliphatic rings. The van der Waals surface area contributed by atoms with Crippen molar-refractivity contribution >= 4 is 18.6 Å². The SMILES string of the molecule is CCC1(S)OC1=O. The first-order valence-electron chi connectivity index (χ1n) is 2.15. The maximum absolute atomic E-state index is 10.1. The molecule has 3 heteroatoms. The Labute approximate surface area is 47.3 Å². The summed E-state index contributed by atoms with van der Waals surface area (Å²) in [5, 5.41) is 0. The van der Waals surface area contributed by atoms with Gasteiger partial charge in [0, 0.05) is 6.42 Å². The van der Waals surface area contributed by atoms with Gasteiger partial charge in [0.1, 0.15) is 0 Å². The van der Waals surface area contributed by atoms with Crippen molar-refractivity contribution in [1.82, 2.24) is 0 Å². The number of carbonyl (C=O) groups is 1. The summed E-state index contributed by atoms with van der Waals surface area (Å²) in [5.41, 5.74) is 0. The number of hydrogen-bond acceptors (Lipinski definition) is 3. The van der Waals surface area contributed by atoms with Crippen LogP contribution in [0.3, 0.4) is 0 Å². The zero-order valence-electron chi connectivity index (χ0n) is 3.97. The Hall–Kier alpha value is -0.180. The summed E-state index contributed by atoms with van der Waals surface area (Å²) in [6.07, 6.45) is 0.662. The second-order valence-electron chi connectivity index (χ2n) is 1.53. The molecule has 1 saturated heterocycles. The van der Waals surface area contributed by atoms with Gasteiger partial charge >= 0.3 is 5.97 Å². The number of epoxide rings is 1. The van der Waals surface area contributed by atoms with Crippen molar-refractivity contribution in [2.45, 2.75) is 18.3 Å². The maximum Gasteiger partial charge on any atom is 0.363 e. The molecule has 0 N–H and O–H groups in total. The molecule has 0 spiro atoms. The molecule has 1 heterocycles. The van der Waals surface area contributed by atoms with Crippen molar-refractivity contribution in [3.63, 3.8) is 0 Å². The summed E-state index contributed by atoms with van der Waals surface area (Å²) in [5.74, 6) is -0.196. The molecular weight excluding hydrogens is 112 g/mol. The zero-order valence-corrected chi connectivity index (χ0v) is 4.87. The third-order valence-corrected chi connectivity index (χ3v) is 1.61. The van der Waals surface area contributed by atoms with Crippen LogP contribution < -0.4 is 0 Å². The molecule has 0 aliphatic carbocycles. The van der Waals surface area contributed by atoms with E-state index in [1.807, 2.05) is 6.92 Å². The van der Waals surface area contributed by atoms with Crippen molar-refractivity contribution in [2.75, 3.05) is 0 Å². The van der Waals surface area contributed by atoms with E-state index in [0.717, 1.165) is 0 Å². The predicted octanol–water partition coefficient (Wildman–Crippen LogP) is 0.579. The summed E-state index contributed by atoms with van der Waals surface area (Å²) in [6.45, 7) is 1.86. The molecule has 0 saturated carbocycles. The Morgan fingerprint density at radius 1 is 2.00 bits per heavy atom. The van der Waals surface area contributed by atoms with Crippen LogP contribution in [-0.2, 0) is 9.53 Å². The van der Waals surface area contributed by atoms with Gasteiger partial charge in [-0.25, -0.2) is 4.79 Å². The van der Waals surface area contributed by atoms with Crippen LogP contribution in [0.1, 0.15) is 13.3 Å². The van der Waals surface area contributed by atoms with Crippen LogP contribution in [0.2, 0.25) is 0 Å². The van der Waals surface area contributed by atoms with E-state index in [4.69, 9.17) is 0 Å². The van der Waals surface area contributed by atoms with E-state index in [2.05, 4.69) is 17.4 Å². The maximum atomic E-state index is 10.1. The van der Waals surface area contributed by atoms with Crippen LogP contribution in [-0.4, -0.2) is 10.9 Å². The van der Waals surface area contributed by atoms with Gasteiger partial charge in [-0.2, -0.15) is 0 Å².